The van der Waals surface area contributed by atoms with E-state index in [1.54, 1.807) is 6.07 Å². The SMILES string of the molecule is CCN(CC)c1cccc(S(=O)(=O)N(C)C)c1N. The smallest absolute Gasteiger partial charge is 0.244 e. The van der Waals surface area contributed by atoms with Crippen LogP contribution in [0.3, 0.4) is 0 Å². The zero-order valence-electron chi connectivity index (χ0n) is 11.3. The van der Waals surface area contributed by atoms with Crippen molar-refractivity contribution in [2.75, 3.05) is 37.8 Å². The lowest BCUT2D eigenvalue weighted by molar-refractivity contribution is 0.521. The lowest BCUT2D eigenvalue weighted by Crippen LogP contribution is -2.26. The highest BCUT2D eigenvalue weighted by Gasteiger charge is 2.22. The third-order valence-electron chi connectivity index (χ3n) is 2.91. The van der Waals surface area contributed by atoms with Crippen LogP contribution in [-0.4, -0.2) is 39.9 Å². The Morgan fingerprint density at radius 1 is 1.17 bits per heavy atom. The maximum Gasteiger partial charge on any atom is 0.244 e. The molecule has 0 spiro atoms. The molecule has 0 aliphatic carbocycles. The Hall–Kier alpha value is -1.27. The Kier molecular flexibility index (Phi) is 4.59. The maximum absolute atomic E-state index is 12.1. The van der Waals surface area contributed by atoms with Crippen molar-refractivity contribution in [3.8, 4) is 0 Å². The van der Waals surface area contributed by atoms with Gasteiger partial charge >= 0.3 is 0 Å². The van der Waals surface area contributed by atoms with Gasteiger partial charge in [0.15, 0.2) is 0 Å². The molecule has 1 rings (SSSR count). The van der Waals surface area contributed by atoms with Crippen molar-refractivity contribution in [2.24, 2.45) is 0 Å². The predicted octanol–water partition coefficient (Wildman–Crippen LogP) is 1.37. The van der Waals surface area contributed by atoms with Crippen molar-refractivity contribution < 1.29 is 8.42 Å². The zero-order chi connectivity index (χ0) is 13.9. The second-order valence-electron chi connectivity index (χ2n) is 4.15. The van der Waals surface area contributed by atoms with Crippen LogP contribution in [0.15, 0.2) is 23.1 Å². The van der Waals surface area contributed by atoms with Crippen LogP contribution in [0.2, 0.25) is 0 Å². The molecule has 6 heteroatoms. The number of nitrogens with zero attached hydrogens (tertiary/aromatic N) is 2. The number of nitrogen functional groups attached to an aromatic ring is 1. The number of anilines is 2. The molecule has 0 atom stereocenters. The first-order valence-corrected chi connectivity index (χ1v) is 7.36. The van der Waals surface area contributed by atoms with E-state index in [0.717, 1.165) is 18.8 Å². The van der Waals surface area contributed by atoms with E-state index in [4.69, 9.17) is 5.73 Å². The van der Waals surface area contributed by atoms with Crippen molar-refractivity contribution in [2.45, 2.75) is 18.7 Å². The van der Waals surface area contributed by atoms with Crippen LogP contribution in [0.25, 0.3) is 0 Å². The molecular weight excluding hydrogens is 250 g/mol. The van der Waals surface area contributed by atoms with E-state index in [2.05, 4.69) is 0 Å². The molecular formula is C12H21N3O2S. The van der Waals surface area contributed by atoms with E-state index in [1.807, 2.05) is 24.8 Å². The number of para-hydroxylation sites is 1. The molecule has 0 amide bonds. The summed E-state index contributed by atoms with van der Waals surface area (Å²) in [7, 11) is -0.501. The summed E-state index contributed by atoms with van der Waals surface area (Å²) in [6.07, 6.45) is 0. The van der Waals surface area contributed by atoms with Gasteiger partial charge in [-0.15, -0.1) is 0 Å². The molecule has 1 aromatic carbocycles. The van der Waals surface area contributed by atoms with Crippen LogP contribution in [0.5, 0.6) is 0 Å². The summed E-state index contributed by atoms with van der Waals surface area (Å²) in [6, 6.07) is 5.11. The molecule has 0 saturated heterocycles. The van der Waals surface area contributed by atoms with E-state index in [1.165, 1.54) is 24.5 Å². The van der Waals surface area contributed by atoms with Crippen molar-refractivity contribution in [1.29, 1.82) is 0 Å². The summed E-state index contributed by atoms with van der Waals surface area (Å²) in [4.78, 5) is 2.20. The summed E-state index contributed by atoms with van der Waals surface area (Å²) < 4.78 is 25.4. The Morgan fingerprint density at radius 2 is 1.72 bits per heavy atom. The van der Waals surface area contributed by atoms with Gasteiger partial charge in [0.25, 0.3) is 0 Å². The molecule has 102 valence electrons. The topological polar surface area (TPSA) is 66.6 Å². The average Bonchev–Trinajstić information content (AvgIpc) is 2.32. The van der Waals surface area contributed by atoms with Crippen LogP contribution in [0.4, 0.5) is 11.4 Å². The standard InChI is InChI=1S/C12H21N3O2S/c1-5-15(6-2)10-8-7-9-11(12(10)13)18(16,17)14(3)4/h7-9H,5-6,13H2,1-4H3. The number of hydrogen-bond donors (Lipinski definition) is 1. The predicted molar refractivity (Wildman–Crippen MR) is 75.3 cm³/mol. The summed E-state index contributed by atoms with van der Waals surface area (Å²) in [6.45, 7) is 5.59. The fourth-order valence-corrected chi connectivity index (χ4v) is 2.82. The minimum Gasteiger partial charge on any atom is -0.396 e. The highest BCUT2D eigenvalue weighted by atomic mass is 32.2. The molecule has 18 heavy (non-hydrogen) atoms. The van der Waals surface area contributed by atoms with Crippen LogP contribution < -0.4 is 10.6 Å². The molecule has 0 saturated carbocycles. The number of hydrogen-bond acceptors (Lipinski definition) is 4. The molecule has 0 aliphatic heterocycles. The molecule has 0 aliphatic rings. The summed E-state index contributed by atoms with van der Waals surface area (Å²) in [5.41, 5.74) is 7.09. The Morgan fingerprint density at radius 3 is 2.17 bits per heavy atom. The first-order valence-electron chi connectivity index (χ1n) is 5.92. The number of nitrogens with two attached hydrogens (primary N) is 1. The maximum atomic E-state index is 12.1. The Bertz CT molecular complexity index is 508. The fraction of sp³-hybridized carbons (Fsp3) is 0.500. The lowest BCUT2D eigenvalue weighted by atomic mass is 10.2. The van der Waals surface area contributed by atoms with E-state index < -0.39 is 10.0 Å². The second-order valence-corrected chi connectivity index (χ2v) is 6.27. The van der Waals surface area contributed by atoms with E-state index in [-0.39, 0.29) is 4.90 Å². The van der Waals surface area contributed by atoms with Crippen LogP contribution >= 0.6 is 0 Å². The van der Waals surface area contributed by atoms with Gasteiger partial charge in [-0.05, 0) is 26.0 Å². The van der Waals surface area contributed by atoms with Crippen molar-refractivity contribution in [3.05, 3.63) is 18.2 Å². The van der Waals surface area contributed by atoms with E-state index in [0.29, 0.717) is 5.69 Å². The average molecular weight is 271 g/mol. The van der Waals surface area contributed by atoms with Gasteiger partial charge < -0.3 is 10.6 Å². The molecule has 0 fully saturated rings. The number of benzene rings is 1. The molecule has 0 aromatic heterocycles. The van der Waals surface area contributed by atoms with Crippen LogP contribution in [0.1, 0.15) is 13.8 Å². The molecule has 0 bridgehead atoms. The van der Waals surface area contributed by atoms with Gasteiger partial charge in [0.05, 0.1) is 11.4 Å². The van der Waals surface area contributed by atoms with E-state index in [9.17, 15) is 8.42 Å². The minimum absolute atomic E-state index is 0.164. The largest absolute Gasteiger partial charge is 0.396 e. The highest BCUT2D eigenvalue weighted by molar-refractivity contribution is 7.89. The third-order valence-corrected chi connectivity index (χ3v) is 4.78. The van der Waals surface area contributed by atoms with Gasteiger partial charge in [-0.1, -0.05) is 6.07 Å². The Labute approximate surface area is 109 Å². The van der Waals surface area contributed by atoms with Gasteiger partial charge in [0.2, 0.25) is 10.0 Å². The molecule has 0 radical (unpaired) electrons. The monoisotopic (exact) mass is 271 g/mol. The molecule has 2 N–H and O–H groups in total. The van der Waals surface area contributed by atoms with E-state index >= 15 is 0 Å². The highest BCUT2D eigenvalue weighted by Crippen LogP contribution is 2.30. The normalized spacial score (nSPS) is 11.8. The van der Waals surface area contributed by atoms with Gasteiger partial charge in [0.1, 0.15) is 4.90 Å². The molecule has 5 nitrogen and oxygen atoms in total. The summed E-state index contributed by atoms with van der Waals surface area (Å²) in [5, 5.41) is 0. The van der Waals surface area contributed by atoms with Gasteiger partial charge in [-0.3, -0.25) is 0 Å². The zero-order valence-corrected chi connectivity index (χ0v) is 12.2. The summed E-state index contributed by atoms with van der Waals surface area (Å²) in [5.74, 6) is 0. The van der Waals surface area contributed by atoms with Gasteiger partial charge in [-0.25, -0.2) is 12.7 Å². The van der Waals surface area contributed by atoms with Gasteiger partial charge in [0, 0.05) is 27.2 Å². The first kappa shape index (κ1) is 14.8. The summed E-state index contributed by atoms with van der Waals surface area (Å²) >= 11 is 0. The Balaban J connectivity index is 3.39. The molecule has 0 unspecified atom stereocenters. The van der Waals surface area contributed by atoms with Crippen molar-refractivity contribution in [3.63, 3.8) is 0 Å². The fourth-order valence-electron chi connectivity index (χ4n) is 1.79. The quantitative estimate of drug-likeness (QED) is 0.821. The van der Waals surface area contributed by atoms with Crippen molar-refractivity contribution >= 4 is 21.4 Å². The third kappa shape index (κ3) is 2.59. The number of sulfonamides is 1. The van der Waals surface area contributed by atoms with Crippen molar-refractivity contribution in [1.82, 2.24) is 4.31 Å². The minimum atomic E-state index is -3.50. The first-order chi connectivity index (χ1) is 8.36. The molecule has 0 heterocycles. The second kappa shape index (κ2) is 5.58. The van der Waals surface area contributed by atoms with Gasteiger partial charge in [-0.2, -0.15) is 0 Å². The van der Waals surface area contributed by atoms with Crippen LogP contribution in [-0.2, 0) is 10.0 Å². The number of rotatable bonds is 5. The molecule has 1 aromatic rings. The lowest BCUT2D eigenvalue weighted by Gasteiger charge is -2.24. The van der Waals surface area contributed by atoms with Crippen LogP contribution in [0, 0.1) is 0 Å².